The first-order chi connectivity index (χ1) is 9.95. The normalized spacial score (nSPS) is 10.3. The van der Waals surface area contributed by atoms with Crippen LogP contribution >= 0.6 is 27.7 Å². The first kappa shape index (κ1) is 15.5. The van der Waals surface area contributed by atoms with Crippen LogP contribution in [0.5, 0.6) is 0 Å². The lowest BCUT2D eigenvalue weighted by molar-refractivity contribution is -0.385. The highest BCUT2D eigenvalue weighted by Gasteiger charge is 2.14. The Kier molecular flexibility index (Phi) is 4.98. The molecular formula is C14H10BrNO4S. The number of nitrogens with zero attached hydrogens (tertiary/aromatic N) is 1. The van der Waals surface area contributed by atoms with E-state index in [2.05, 4.69) is 15.9 Å². The fourth-order valence-corrected chi connectivity index (χ4v) is 2.85. The Morgan fingerprint density at radius 3 is 2.48 bits per heavy atom. The molecule has 1 N–H and O–H groups in total. The van der Waals surface area contributed by atoms with Gasteiger partial charge in [0.1, 0.15) is 0 Å². The van der Waals surface area contributed by atoms with Crippen molar-refractivity contribution in [2.75, 3.05) is 0 Å². The number of thioether (sulfide) groups is 1. The number of carbonyl (C=O) groups is 1. The van der Waals surface area contributed by atoms with Crippen molar-refractivity contribution < 1.29 is 14.8 Å². The first-order valence-electron chi connectivity index (χ1n) is 5.86. The van der Waals surface area contributed by atoms with Gasteiger partial charge in [-0.05, 0) is 23.8 Å². The molecule has 2 aromatic carbocycles. The molecule has 0 radical (unpaired) electrons. The zero-order chi connectivity index (χ0) is 15.4. The topological polar surface area (TPSA) is 80.4 Å². The molecule has 0 aliphatic heterocycles. The lowest BCUT2D eigenvalue weighted by Gasteiger charge is -2.04. The summed E-state index contributed by atoms with van der Waals surface area (Å²) in [5, 5.41) is 19.8. The quantitative estimate of drug-likeness (QED) is 0.482. The van der Waals surface area contributed by atoms with Crippen molar-refractivity contribution in [2.24, 2.45) is 0 Å². The predicted molar refractivity (Wildman–Crippen MR) is 83.8 cm³/mol. The maximum atomic E-state index is 11.0. The molecule has 0 unspecified atom stereocenters. The third-order valence-electron chi connectivity index (χ3n) is 2.67. The van der Waals surface area contributed by atoms with Crippen LogP contribution in [0.1, 0.15) is 15.9 Å². The summed E-state index contributed by atoms with van der Waals surface area (Å²) < 4.78 is 0.972. The molecule has 0 fully saturated rings. The van der Waals surface area contributed by atoms with E-state index in [4.69, 9.17) is 5.11 Å². The van der Waals surface area contributed by atoms with E-state index in [1.165, 1.54) is 23.9 Å². The van der Waals surface area contributed by atoms with E-state index < -0.39 is 10.9 Å². The number of nitro benzene ring substituents is 1. The van der Waals surface area contributed by atoms with Crippen molar-refractivity contribution in [3.05, 3.63) is 68.2 Å². The van der Waals surface area contributed by atoms with Crippen LogP contribution in [0.15, 0.2) is 51.8 Å². The highest BCUT2D eigenvalue weighted by Crippen LogP contribution is 2.28. The summed E-state index contributed by atoms with van der Waals surface area (Å²) in [4.78, 5) is 21.8. The minimum atomic E-state index is -1.18. The minimum absolute atomic E-state index is 0.0810. The molecule has 0 atom stereocenters. The number of hydrogen-bond acceptors (Lipinski definition) is 4. The minimum Gasteiger partial charge on any atom is -0.478 e. The average Bonchev–Trinajstić information content (AvgIpc) is 2.46. The summed E-state index contributed by atoms with van der Waals surface area (Å²) >= 11 is 4.70. The molecule has 0 aliphatic carbocycles. The largest absolute Gasteiger partial charge is 0.478 e. The lowest BCUT2D eigenvalue weighted by atomic mass is 10.2. The van der Waals surface area contributed by atoms with E-state index >= 15 is 0 Å². The van der Waals surface area contributed by atoms with Gasteiger partial charge in [-0.15, -0.1) is 11.8 Å². The second-order valence-corrected chi connectivity index (χ2v) is 6.16. The molecule has 108 valence electrons. The molecule has 7 heteroatoms. The Balaban J connectivity index is 2.20. The van der Waals surface area contributed by atoms with Crippen LogP contribution in [0.25, 0.3) is 0 Å². The van der Waals surface area contributed by atoms with Crippen LogP contribution in [-0.2, 0) is 5.75 Å². The molecule has 0 saturated heterocycles. The van der Waals surface area contributed by atoms with Crippen LogP contribution in [-0.4, -0.2) is 16.0 Å². The summed E-state index contributed by atoms with van der Waals surface area (Å²) in [7, 11) is 0. The number of non-ortho nitro benzene ring substituents is 1. The number of hydrogen-bond donors (Lipinski definition) is 1. The molecule has 0 saturated carbocycles. The van der Waals surface area contributed by atoms with Crippen molar-refractivity contribution in [2.45, 2.75) is 10.6 Å². The van der Waals surface area contributed by atoms with Crippen molar-refractivity contribution in [1.82, 2.24) is 0 Å². The molecule has 2 aromatic rings. The molecular weight excluding hydrogens is 358 g/mol. The standard InChI is InChI=1S/C14H10BrNO4S/c15-11-3-1-9(2-4-11)8-21-13-6-10(14(17)18)5-12(7-13)16(19)20/h1-7H,8H2,(H,17,18). The number of rotatable bonds is 5. The van der Waals surface area contributed by atoms with Crippen molar-refractivity contribution in [3.63, 3.8) is 0 Å². The first-order valence-corrected chi connectivity index (χ1v) is 7.63. The summed E-state index contributed by atoms with van der Waals surface area (Å²) in [5.41, 5.74) is 0.752. The monoisotopic (exact) mass is 367 g/mol. The van der Waals surface area contributed by atoms with Gasteiger partial charge in [0.2, 0.25) is 0 Å². The van der Waals surface area contributed by atoms with Crippen molar-refractivity contribution in [3.8, 4) is 0 Å². The van der Waals surface area contributed by atoms with Crippen molar-refractivity contribution in [1.29, 1.82) is 0 Å². The number of carboxylic acid groups (broad SMARTS) is 1. The highest BCUT2D eigenvalue weighted by atomic mass is 79.9. The van der Waals surface area contributed by atoms with Gasteiger partial charge in [0.15, 0.2) is 0 Å². The zero-order valence-corrected chi connectivity index (χ0v) is 13.1. The molecule has 21 heavy (non-hydrogen) atoms. The van der Waals surface area contributed by atoms with Crippen LogP contribution in [0.3, 0.4) is 0 Å². The second kappa shape index (κ2) is 6.73. The van der Waals surface area contributed by atoms with E-state index in [1.807, 2.05) is 24.3 Å². The molecule has 0 amide bonds. The maximum Gasteiger partial charge on any atom is 0.335 e. The summed E-state index contributed by atoms with van der Waals surface area (Å²) in [6, 6.07) is 11.6. The number of carboxylic acids is 1. The maximum absolute atomic E-state index is 11.0. The van der Waals surface area contributed by atoms with E-state index in [-0.39, 0.29) is 11.3 Å². The van der Waals surface area contributed by atoms with Gasteiger partial charge in [-0.1, -0.05) is 28.1 Å². The van der Waals surface area contributed by atoms with Gasteiger partial charge in [-0.2, -0.15) is 0 Å². The van der Waals surface area contributed by atoms with E-state index in [0.29, 0.717) is 10.6 Å². The fourth-order valence-electron chi connectivity index (χ4n) is 1.64. The van der Waals surface area contributed by atoms with Gasteiger partial charge < -0.3 is 5.11 Å². The van der Waals surface area contributed by atoms with Gasteiger partial charge in [0, 0.05) is 27.3 Å². The van der Waals surface area contributed by atoms with Gasteiger partial charge in [0.05, 0.1) is 10.5 Å². The van der Waals surface area contributed by atoms with Crippen LogP contribution in [0.4, 0.5) is 5.69 Å². The van der Waals surface area contributed by atoms with E-state index in [0.717, 1.165) is 16.1 Å². The second-order valence-electron chi connectivity index (χ2n) is 4.19. The van der Waals surface area contributed by atoms with Crippen LogP contribution in [0.2, 0.25) is 0 Å². The Bertz CT molecular complexity index is 656. The van der Waals surface area contributed by atoms with Gasteiger partial charge in [0.25, 0.3) is 5.69 Å². The lowest BCUT2D eigenvalue weighted by Crippen LogP contribution is -1.99. The molecule has 0 aromatic heterocycles. The molecule has 0 bridgehead atoms. The molecule has 0 aliphatic rings. The Hall–Kier alpha value is -1.86. The number of nitro groups is 1. The third kappa shape index (κ3) is 4.30. The SMILES string of the molecule is O=C(O)c1cc(SCc2ccc(Br)cc2)cc([N+](=O)[O-])c1. The van der Waals surface area contributed by atoms with Gasteiger partial charge in [-0.25, -0.2) is 4.79 Å². The highest BCUT2D eigenvalue weighted by molar-refractivity contribution is 9.10. The smallest absolute Gasteiger partial charge is 0.335 e. The third-order valence-corrected chi connectivity index (χ3v) is 4.24. The van der Waals surface area contributed by atoms with Crippen molar-refractivity contribution >= 4 is 39.3 Å². The number of aromatic carboxylic acids is 1. The summed E-state index contributed by atoms with van der Waals surface area (Å²) in [5.74, 6) is -0.572. The molecule has 0 spiro atoms. The Morgan fingerprint density at radius 2 is 1.90 bits per heavy atom. The van der Waals surface area contributed by atoms with Crippen LogP contribution < -0.4 is 0 Å². The molecule has 5 nitrogen and oxygen atoms in total. The molecule has 0 heterocycles. The number of halogens is 1. The van der Waals surface area contributed by atoms with E-state index in [9.17, 15) is 14.9 Å². The zero-order valence-electron chi connectivity index (χ0n) is 10.7. The summed E-state index contributed by atoms with van der Waals surface area (Å²) in [6.07, 6.45) is 0. The molecule has 2 rings (SSSR count). The summed E-state index contributed by atoms with van der Waals surface area (Å²) in [6.45, 7) is 0. The van der Waals surface area contributed by atoms with Crippen LogP contribution in [0, 0.1) is 10.1 Å². The Labute approximate surface area is 133 Å². The number of benzene rings is 2. The predicted octanol–water partition coefficient (Wildman–Crippen LogP) is 4.35. The van der Waals surface area contributed by atoms with E-state index in [1.54, 1.807) is 0 Å². The Morgan fingerprint density at radius 1 is 1.24 bits per heavy atom. The van der Waals surface area contributed by atoms with Gasteiger partial charge in [-0.3, -0.25) is 10.1 Å². The fraction of sp³-hybridized carbons (Fsp3) is 0.0714. The van der Waals surface area contributed by atoms with Gasteiger partial charge >= 0.3 is 5.97 Å². The average molecular weight is 368 g/mol.